The average molecular weight is 1020 g/mol. The molecule has 8 nitrogen and oxygen atoms in total. The van der Waals surface area contributed by atoms with Gasteiger partial charge < -0.3 is 28.8 Å². The largest absolute Gasteiger partial charge is 0.756 e. The molecule has 0 rings (SSSR count). The molecular formula is C62H123N2O6P. The highest BCUT2D eigenvalue weighted by Crippen LogP contribution is 2.38. The molecule has 0 aliphatic rings. The van der Waals surface area contributed by atoms with Gasteiger partial charge in [-0.2, -0.15) is 0 Å². The Kier molecular flexibility index (Phi) is 53.0. The average Bonchev–Trinajstić information content (AvgIpc) is 3.33. The fourth-order valence-corrected chi connectivity index (χ4v) is 10.2. The number of hydrogen-bond donors (Lipinski definition) is 2. The van der Waals surface area contributed by atoms with E-state index in [1.807, 2.05) is 27.2 Å². The molecular weight excluding hydrogens is 900 g/mol. The third-order valence-corrected chi connectivity index (χ3v) is 15.4. The van der Waals surface area contributed by atoms with Crippen LogP contribution in [0.15, 0.2) is 24.3 Å². The van der Waals surface area contributed by atoms with Crippen LogP contribution in [0.3, 0.4) is 0 Å². The quantitative estimate of drug-likeness (QED) is 0.0272. The first kappa shape index (κ1) is 70.0. The van der Waals surface area contributed by atoms with E-state index >= 15 is 0 Å². The summed E-state index contributed by atoms with van der Waals surface area (Å²) in [4.78, 5) is 25.5. The van der Waals surface area contributed by atoms with Crippen molar-refractivity contribution in [1.82, 2.24) is 5.32 Å². The molecule has 0 aromatic carbocycles. The highest BCUT2D eigenvalue weighted by atomic mass is 31.2. The van der Waals surface area contributed by atoms with E-state index in [0.29, 0.717) is 17.4 Å². The Labute approximate surface area is 443 Å². The van der Waals surface area contributed by atoms with Gasteiger partial charge in [-0.3, -0.25) is 9.36 Å². The van der Waals surface area contributed by atoms with Crippen LogP contribution in [0, 0.1) is 0 Å². The van der Waals surface area contributed by atoms with Gasteiger partial charge in [0.25, 0.3) is 7.82 Å². The van der Waals surface area contributed by atoms with Crippen LogP contribution in [0.5, 0.6) is 0 Å². The first-order chi connectivity index (χ1) is 34.5. The number of quaternary nitrogens is 1. The Bertz CT molecular complexity index is 1210. The summed E-state index contributed by atoms with van der Waals surface area (Å²) in [6, 6.07) is -0.883. The molecule has 0 saturated carbocycles. The lowest BCUT2D eigenvalue weighted by Crippen LogP contribution is -2.45. The third-order valence-electron chi connectivity index (χ3n) is 14.4. The Morgan fingerprint density at radius 2 is 0.775 bits per heavy atom. The van der Waals surface area contributed by atoms with E-state index in [9.17, 15) is 19.4 Å². The fraction of sp³-hybridized carbons (Fsp3) is 0.919. The minimum atomic E-state index is -4.59. The van der Waals surface area contributed by atoms with E-state index in [1.54, 1.807) is 6.08 Å². The highest BCUT2D eigenvalue weighted by molar-refractivity contribution is 7.45. The van der Waals surface area contributed by atoms with Crippen LogP contribution in [0.1, 0.15) is 316 Å². The molecule has 3 unspecified atom stereocenters. The lowest BCUT2D eigenvalue weighted by atomic mass is 10.0. The molecule has 0 aliphatic heterocycles. The summed E-state index contributed by atoms with van der Waals surface area (Å²) in [6.07, 6.45) is 68.6. The molecule has 0 spiro atoms. The second-order valence-electron chi connectivity index (χ2n) is 22.8. The van der Waals surface area contributed by atoms with Crippen molar-refractivity contribution in [2.45, 2.75) is 328 Å². The molecule has 1 amide bonds. The zero-order valence-corrected chi connectivity index (χ0v) is 49.1. The molecule has 0 saturated heterocycles. The number of nitrogens with one attached hydrogen (secondary N) is 1. The number of carbonyl (C=O) groups excluding carboxylic acids is 1. The summed E-state index contributed by atoms with van der Waals surface area (Å²) in [5.74, 6) is -0.191. The smallest absolute Gasteiger partial charge is 0.268 e. The number of amides is 1. The van der Waals surface area contributed by atoms with Crippen LogP contribution >= 0.6 is 7.82 Å². The van der Waals surface area contributed by atoms with E-state index in [0.717, 1.165) is 38.5 Å². The van der Waals surface area contributed by atoms with Crippen molar-refractivity contribution in [3.05, 3.63) is 24.3 Å². The van der Waals surface area contributed by atoms with Gasteiger partial charge in [-0.1, -0.05) is 289 Å². The predicted octanol–water partition coefficient (Wildman–Crippen LogP) is 18.5. The first-order valence-corrected chi connectivity index (χ1v) is 32.7. The monoisotopic (exact) mass is 1020 g/mol. The first-order valence-electron chi connectivity index (χ1n) is 31.2. The maximum atomic E-state index is 13.0. The summed E-state index contributed by atoms with van der Waals surface area (Å²) in [5.41, 5.74) is 0. The number of aliphatic hydroxyl groups is 1. The second-order valence-corrected chi connectivity index (χ2v) is 24.2. The number of allylic oxidation sites excluding steroid dienone is 3. The Hall–Kier alpha value is -1.02. The van der Waals surface area contributed by atoms with E-state index in [4.69, 9.17) is 9.05 Å². The molecule has 2 N–H and O–H groups in total. The topological polar surface area (TPSA) is 108 Å². The minimum Gasteiger partial charge on any atom is -0.756 e. The standard InChI is InChI=1S/C62H123N2O6P/c1-6-8-10-12-14-16-18-20-22-23-24-25-26-27-28-29-30-31-32-33-34-35-36-37-38-39-40-41-42-44-46-48-50-52-54-56-62(66)63-60(59-70-71(67,68)69-58-57-64(3,4)5)61(65)55-53-51-49-47-45-43-21-19-17-15-13-11-9-7-2/h23-24,53,55,60-61,65H,6-22,25-52,54,56-59H2,1-5H3,(H-,63,66,67,68)/b24-23-,55-53+. The SMILES string of the molecule is CCCCCCCCCC/C=C\CCCCCCCCCCCCCCCCCCCCCCCCCC(=O)NC(COP(=O)([O-])OCC[N+](C)(C)C)C(O)/C=C/CCCCCCCCCCCCCC. The number of nitrogens with zero attached hydrogens (tertiary/aromatic N) is 1. The lowest BCUT2D eigenvalue weighted by Gasteiger charge is -2.29. The van der Waals surface area contributed by atoms with Crippen molar-refractivity contribution in [2.24, 2.45) is 0 Å². The number of phosphoric ester groups is 1. The molecule has 0 aliphatic carbocycles. The number of rotatable bonds is 58. The summed E-state index contributed by atoms with van der Waals surface area (Å²) < 4.78 is 23.3. The van der Waals surface area contributed by atoms with Crippen molar-refractivity contribution in [3.63, 3.8) is 0 Å². The predicted molar refractivity (Wildman–Crippen MR) is 307 cm³/mol. The van der Waals surface area contributed by atoms with Crippen LogP contribution < -0.4 is 10.2 Å². The molecule has 422 valence electrons. The van der Waals surface area contributed by atoms with Gasteiger partial charge in [0.15, 0.2) is 0 Å². The molecule has 3 atom stereocenters. The molecule has 9 heteroatoms. The molecule has 0 fully saturated rings. The van der Waals surface area contributed by atoms with Gasteiger partial charge in [0, 0.05) is 6.42 Å². The van der Waals surface area contributed by atoms with Gasteiger partial charge in [-0.25, -0.2) is 0 Å². The Morgan fingerprint density at radius 3 is 1.10 bits per heavy atom. The molecule has 0 heterocycles. The fourth-order valence-electron chi connectivity index (χ4n) is 9.50. The van der Waals surface area contributed by atoms with Crippen molar-refractivity contribution >= 4 is 13.7 Å². The molecule has 0 aromatic rings. The van der Waals surface area contributed by atoms with Crippen molar-refractivity contribution in [3.8, 4) is 0 Å². The van der Waals surface area contributed by atoms with Gasteiger partial charge >= 0.3 is 0 Å². The summed E-state index contributed by atoms with van der Waals surface area (Å²) >= 11 is 0. The maximum Gasteiger partial charge on any atom is 0.268 e. The van der Waals surface area contributed by atoms with Gasteiger partial charge in [0.1, 0.15) is 13.2 Å². The Balaban J connectivity index is 3.93. The van der Waals surface area contributed by atoms with Crippen LogP contribution in [0.2, 0.25) is 0 Å². The molecule has 0 radical (unpaired) electrons. The van der Waals surface area contributed by atoms with Crippen LogP contribution in [0.25, 0.3) is 0 Å². The minimum absolute atomic E-state index is 0.00170. The van der Waals surface area contributed by atoms with E-state index in [-0.39, 0.29) is 19.1 Å². The molecule has 0 aromatic heterocycles. The third kappa shape index (κ3) is 56.5. The number of hydrogen-bond acceptors (Lipinski definition) is 6. The number of phosphoric acid groups is 1. The normalized spacial score (nSPS) is 14.0. The summed E-state index contributed by atoms with van der Waals surface area (Å²) in [7, 11) is 1.28. The number of unbranched alkanes of at least 4 members (excludes halogenated alkanes) is 43. The Morgan fingerprint density at radius 1 is 0.479 bits per heavy atom. The van der Waals surface area contributed by atoms with Crippen LogP contribution in [0.4, 0.5) is 0 Å². The van der Waals surface area contributed by atoms with Gasteiger partial charge in [0.05, 0.1) is 39.9 Å². The van der Waals surface area contributed by atoms with Crippen LogP contribution in [-0.4, -0.2) is 68.5 Å². The summed E-state index contributed by atoms with van der Waals surface area (Å²) in [5, 5.41) is 13.9. The van der Waals surface area contributed by atoms with E-state index < -0.39 is 20.0 Å². The van der Waals surface area contributed by atoms with Crippen LogP contribution in [-0.2, 0) is 18.4 Å². The van der Waals surface area contributed by atoms with Gasteiger partial charge in [0.2, 0.25) is 5.91 Å². The maximum absolute atomic E-state index is 13.0. The van der Waals surface area contributed by atoms with Gasteiger partial charge in [-0.05, 0) is 44.9 Å². The zero-order chi connectivity index (χ0) is 52.0. The van der Waals surface area contributed by atoms with Crippen molar-refractivity contribution in [2.75, 3.05) is 40.9 Å². The number of carbonyl (C=O) groups is 1. The number of likely N-dealkylation sites (N-methyl/N-ethyl adjacent to an activating group) is 1. The van der Waals surface area contributed by atoms with Crippen molar-refractivity contribution in [1.29, 1.82) is 0 Å². The van der Waals surface area contributed by atoms with E-state index in [2.05, 4.69) is 31.3 Å². The van der Waals surface area contributed by atoms with Gasteiger partial charge in [-0.15, -0.1) is 0 Å². The lowest BCUT2D eigenvalue weighted by molar-refractivity contribution is -0.870. The molecule has 71 heavy (non-hydrogen) atoms. The number of aliphatic hydroxyl groups excluding tert-OH is 1. The van der Waals surface area contributed by atoms with Crippen molar-refractivity contribution < 1.29 is 32.9 Å². The summed E-state index contributed by atoms with van der Waals surface area (Å²) in [6.45, 7) is 4.68. The van der Waals surface area contributed by atoms with E-state index in [1.165, 1.54) is 257 Å². The second kappa shape index (κ2) is 53.8. The zero-order valence-electron chi connectivity index (χ0n) is 48.2. The molecule has 0 bridgehead atoms. The highest BCUT2D eigenvalue weighted by Gasteiger charge is 2.23.